The lowest BCUT2D eigenvalue weighted by Gasteiger charge is -2.11. The molecule has 0 radical (unpaired) electrons. The summed E-state index contributed by atoms with van der Waals surface area (Å²) in [5.74, 6) is -0.856. The Hall–Kier alpha value is -2.09. The number of nitrogens with one attached hydrogen (secondary N) is 2. The maximum Gasteiger partial charge on any atom is 0.319 e. The van der Waals surface area contributed by atoms with Gasteiger partial charge in [-0.1, -0.05) is 0 Å². The standard InChI is InChI=1S/C12H18N4O4/c1-20-5-4-16-7-9(6-14-16)15-11(19)13-8-12(2-3-12)10(17)18/h6-7H,2-5,8H2,1H3,(H,17,18)(H2,13,15,19). The number of aromatic nitrogens is 2. The van der Waals surface area contributed by atoms with Crippen LogP contribution in [0, 0.1) is 5.41 Å². The van der Waals surface area contributed by atoms with Crippen LogP contribution in [0.15, 0.2) is 12.4 Å². The third-order valence-corrected chi connectivity index (χ3v) is 3.31. The molecule has 2 rings (SSSR count). The van der Waals surface area contributed by atoms with Gasteiger partial charge in [0.2, 0.25) is 0 Å². The van der Waals surface area contributed by atoms with Crippen LogP contribution in [0.3, 0.4) is 0 Å². The van der Waals surface area contributed by atoms with E-state index in [1.54, 1.807) is 18.0 Å². The van der Waals surface area contributed by atoms with Crippen molar-refractivity contribution in [2.45, 2.75) is 19.4 Å². The summed E-state index contributed by atoms with van der Waals surface area (Å²) >= 11 is 0. The minimum atomic E-state index is -0.856. The predicted octanol–water partition coefficient (Wildman–Crippen LogP) is 0.516. The van der Waals surface area contributed by atoms with Crippen LogP contribution in [0.2, 0.25) is 0 Å². The Morgan fingerprint density at radius 1 is 1.55 bits per heavy atom. The van der Waals surface area contributed by atoms with Crippen molar-refractivity contribution in [2.75, 3.05) is 25.6 Å². The second-order valence-electron chi connectivity index (χ2n) is 4.88. The molecule has 0 saturated heterocycles. The zero-order valence-electron chi connectivity index (χ0n) is 11.3. The third-order valence-electron chi connectivity index (χ3n) is 3.31. The number of ether oxygens (including phenoxy) is 1. The van der Waals surface area contributed by atoms with Crippen molar-refractivity contribution in [3.63, 3.8) is 0 Å². The van der Waals surface area contributed by atoms with Gasteiger partial charge in [0.15, 0.2) is 0 Å². The number of methoxy groups -OCH3 is 1. The summed E-state index contributed by atoms with van der Waals surface area (Å²) in [6.07, 6.45) is 4.43. The van der Waals surface area contributed by atoms with Gasteiger partial charge in [0.1, 0.15) is 0 Å². The summed E-state index contributed by atoms with van der Waals surface area (Å²) in [6.45, 7) is 1.28. The van der Waals surface area contributed by atoms with E-state index in [1.807, 2.05) is 0 Å². The molecular formula is C12H18N4O4. The van der Waals surface area contributed by atoms with E-state index in [0.29, 0.717) is 31.7 Å². The first-order valence-corrected chi connectivity index (χ1v) is 6.35. The van der Waals surface area contributed by atoms with Crippen LogP contribution >= 0.6 is 0 Å². The lowest BCUT2D eigenvalue weighted by Crippen LogP contribution is -2.36. The maximum absolute atomic E-state index is 11.7. The molecule has 8 heteroatoms. The summed E-state index contributed by atoms with van der Waals surface area (Å²) in [5, 5.41) is 18.2. The number of anilines is 1. The second-order valence-corrected chi connectivity index (χ2v) is 4.88. The average molecular weight is 282 g/mol. The van der Waals surface area contributed by atoms with Crippen molar-refractivity contribution in [3.8, 4) is 0 Å². The molecule has 0 aromatic carbocycles. The minimum Gasteiger partial charge on any atom is -0.481 e. The first kappa shape index (κ1) is 14.3. The molecule has 3 N–H and O–H groups in total. The third kappa shape index (κ3) is 3.47. The highest BCUT2D eigenvalue weighted by molar-refractivity contribution is 5.89. The van der Waals surface area contributed by atoms with Crippen LogP contribution in [0.4, 0.5) is 10.5 Å². The molecule has 20 heavy (non-hydrogen) atoms. The van der Waals surface area contributed by atoms with E-state index >= 15 is 0 Å². The SMILES string of the molecule is COCCn1cc(NC(=O)NCC2(C(=O)O)CC2)cn1. The Balaban J connectivity index is 1.77. The molecule has 1 heterocycles. The molecule has 2 amide bonds. The van der Waals surface area contributed by atoms with Gasteiger partial charge >= 0.3 is 12.0 Å². The number of carbonyl (C=O) groups is 2. The molecule has 1 saturated carbocycles. The largest absolute Gasteiger partial charge is 0.481 e. The van der Waals surface area contributed by atoms with Crippen LogP contribution < -0.4 is 10.6 Å². The van der Waals surface area contributed by atoms with Gasteiger partial charge in [-0.05, 0) is 12.8 Å². The fourth-order valence-electron chi connectivity index (χ4n) is 1.78. The van der Waals surface area contributed by atoms with E-state index in [9.17, 15) is 9.59 Å². The van der Waals surface area contributed by atoms with E-state index in [0.717, 1.165) is 0 Å². The Morgan fingerprint density at radius 3 is 2.90 bits per heavy atom. The molecule has 0 bridgehead atoms. The van der Waals surface area contributed by atoms with Crippen LogP contribution in [0.1, 0.15) is 12.8 Å². The van der Waals surface area contributed by atoms with E-state index in [4.69, 9.17) is 9.84 Å². The highest BCUT2D eigenvalue weighted by Crippen LogP contribution is 2.45. The molecule has 110 valence electrons. The number of nitrogens with zero attached hydrogens (tertiary/aromatic N) is 2. The minimum absolute atomic E-state index is 0.145. The molecule has 1 fully saturated rings. The van der Waals surface area contributed by atoms with Crippen LogP contribution in [0.25, 0.3) is 0 Å². The number of urea groups is 1. The van der Waals surface area contributed by atoms with Gasteiger partial charge in [0.25, 0.3) is 0 Å². The smallest absolute Gasteiger partial charge is 0.319 e. The van der Waals surface area contributed by atoms with Gasteiger partial charge in [-0.2, -0.15) is 5.10 Å². The number of hydrogen-bond donors (Lipinski definition) is 3. The number of amides is 2. The number of carboxylic acids is 1. The van der Waals surface area contributed by atoms with Gasteiger partial charge in [0.05, 0.1) is 30.5 Å². The monoisotopic (exact) mass is 282 g/mol. The highest BCUT2D eigenvalue weighted by Gasteiger charge is 2.50. The number of carbonyl (C=O) groups excluding carboxylic acids is 1. The summed E-state index contributed by atoms with van der Waals surface area (Å²) < 4.78 is 6.58. The predicted molar refractivity (Wildman–Crippen MR) is 70.4 cm³/mol. The Morgan fingerprint density at radius 2 is 2.30 bits per heavy atom. The lowest BCUT2D eigenvalue weighted by molar-refractivity contribution is -0.143. The van der Waals surface area contributed by atoms with E-state index in [1.165, 1.54) is 6.20 Å². The zero-order valence-corrected chi connectivity index (χ0v) is 11.3. The molecule has 1 aromatic heterocycles. The highest BCUT2D eigenvalue weighted by atomic mass is 16.5. The van der Waals surface area contributed by atoms with Crippen LogP contribution in [-0.4, -0.2) is 47.1 Å². The first-order chi connectivity index (χ1) is 9.55. The van der Waals surface area contributed by atoms with E-state index < -0.39 is 17.4 Å². The zero-order chi connectivity index (χ0) is 14.6. The molecule has 0 unspecified atom stereocenters. The van der Waals surface area contributed by atoms with Crippen LogP contribution in [0.5, 0.6) is 0 Å². The average Bonchev–Trinajstić information content (AvgIpc) is 3.09. The summed E-state index contributed by atoms with van der Waals surface area (Å²) in [4.78, 5) is 22.6. The lowest BCUT2D eigenvalue weighted by atomic mass is 10.1. The molecule has 0 atom stereocenters. The normalized spacial score (nSPS) is 15.7. The van der Waals surface area contributed by atoms with Crippen molar-refractivity contribution < 1.29 is 19.4 Å². The fourth-order valence-corrected chi connectivity index (χ4v) is 1.78. The Kier molecular flexibility index (Phi) is 4.23. The fraction of sp³-hybridized carbons (Fsp3) is 0.583. The topological polar surface area (TPSA) is 105 Å². The quantitative estimate of drug-likeness (QED) is 0.676. The second kappa shape index (κ2) is 5.91. The van der Waals surface area contributed by atoms with Crippen molar-refractivity contribution in [1.82, 2.24) is 15.1 Å². The Labute approximate surface area is 116 Å². The van der Waals surface area contributed by atoms with Crippen molar-refractivity contribution in [3.05, 3.63) is 12.4 Å². The van der Waals surface area contributed by atoms with Crippen molar-refractivity contribution in [2.24, 2.45) is 5.41 Å². The molecule has 1 aromatic rings. The number of rotatable bonds is 7. The van der Waals surface area contributed by atoms with Gasteiger partial charge in [0, 0.05) is 19.9 Å². The number of carboxylic acid groups (broad SMARTS) is 1. The van der Waals surface area contributed by atoms with Crippen molar-refractivity contribution >= 4 is 17.7 Å². The number of aliphatic carboxylic acids is 1. The molecule has 0 spiro atoms. The molecule has 0 aliphatic heterocycles. The van der Waals surface area contributed by atoms with Gasteiger partial charge < -0.3 is 20.5 Å². The molecule has 1 aliphatic carbocycles. The van der Waals surface area contributed by atoms with Crippen molar-refractivity contribution in [1.29, 1.82) is 0 Å². The summed E-state index contributed by atoms with van der Waals surface area (Å²) in [7, 11) is 1.60. The number of hydrogen-bond acceptors (Lipinski definition) is 4. The van der Waals surface area contributed by atoms with Gasteiger partial charge in [-0.25, -0.2) is 4.79 Å². The van der Waals surface area contributed by atoms with Gasteiger partial charge in [-0.3, -0.25) is 9.48 Å². The maximum atomic E-state index is 11.7. The van der Waals surface area contributed by atoms with Crippen LogP contribution in [-0.2, 0) is 16.1 Å². The summed E-state index contributed by atoms with van der Waals surface area (Å²) in [5.41, 5.74) is -0.209. The molecule has 1 aliphatic rings. The van der Waals surface area contributed by atoms with E-state index in [2.05, 4.69) is 15.7 Å². The Bertz CT molecular complexity index is 495. The first-order valence-electron chi connectivity index (χ1n) is 6.35. The van der Waals surface area contributed by atoms with E-state index in [-0.39, 0.29) is 6.54 Å². The molecular weight excluding hydrogens is 264 g/mol. The van der Waals surface area contributed by atoms with Gasteiger partial charge in [-0.15, -0.1) is 0 Å². The molecule has 8 nitrogen and oxygen atoms in total. The summed E-state index contributed by atoms with van der Waals surface area (Å²) in [6, 6.07) is -0.427.